The molecule has 1 aromatic rings. The van der Waals surface area contributed by atoms with E-state index in [4.69, 9.17) is 5.11 Å². The van der Waals surface area contributed by atoms with Crippen molar-refractivity contribution in [3.05, 3.63) is 29.8 Å². The zero-order valence-electron chi connectivity index (χ0n) is 12.2. The number of Topliss-reactive ketones (excluding diaryl/α,β-unsaturated/α-hetero) is 1. The summed E-state index contributed by atoms with van der Waals surface area (Å²) in [5, 5.41) is 9.08. The van der Waals surface area contributed by atoms with Gasteiger partial charge < -0.3 is 5.11 Å². The van der Waals surface area contributed by atoms with Crippen molar-refractivity contribution in [1.29, 1.82) is 0 Å². The predicted molar refractivity (Wildman–Crippen MR) is 77.6 cm³/mol. The lowest BCUT2D eigenvalue weighted by Gasteiger charge is -2.16. The highest BCUT2D eigenvalue weighted by molar-refractivity contribution is 7.89. The molecule has 0 aliphatic carbocycles. The van der Waals surface area contributed by atoms with E-state index >= 15 is 0 Å². The van der Waals surface area contributed by atoms with Gasteiger partial charge in [-0.05, 0) is 31.4 Å². The van der Waals surface area contributed by atoms with Crippen LogP contribution in [-0.4, -0.2) is 31.3 Å². The summed E-state index contributed by atoms with van der Waals surface area (Å²) in [5.74, 6) is -1.35. The highest BCUT2D eigenvalue weighted by atomic mass is 32.2. The van der Waals surface area contributed by atoms with Crippen molar-refractivity contribution in [2.45, 2.75) is 38.1 Å². The van der Waals surface area contributed by atoms with E-state index in [2.05, 4.69) is 4.72 Å². The van der Waals surface area contributed by atoms with E-state index in [0.717, 1.165) is 0 Å². The summed E-state index contributed by atoms with van der Waals surface area (Å²) in [6, 6.07) is 4.19. The number of carboxylic acid groups (broad SMARTS) is 1. The van der Waals surface area contributed by atoms with Gasteiger partial charge in [0.2, 0.25) is 10.0 Å². The summed E-state index contributed by atoms with van der Waals surface area (Å²) in [6.45, 7) is 5.00. The molecule has 0 bridgehead atoms. The number of ketones is 1. The smallest absolute Gasteiger partial charge is 0.321 e. The Morgan fingerprint density at radius 2 is 1.71 bits per heavy atom. The van der Waals surface area contributed by atoms with Gasteiger partial charge in [-0.2, -0.15) is 4.72 Å². The highest BCUT2D eigenvalue weighted by Gasteiger charge is 2.26. The summed E-state index contributed by atoms with van der Waals surface area (Å²) < 4.78 is 26.5. The minimum absolute atomic E-state index is 0.0360. The van der Waals surface area contributed by atoms with Gasteiger partial charge in [-0.3, -0.25) is 9.59 Å². The van der Waals surface area contributed by atoms with E-state index in [-0.39, 0.29) is 23.0 Å². The van der Waals surface area contributed by atoms with E-state index in [9.17, 15) is 18.0 Å². The first-order chi connectivity index (χ1) is 9.63. The predicted octanol–water partition coefficient (Wildman–Crippen LogP) is 1.67. The van der Waals surface area contributed by atoms with Crippen LogP contribution < -0.4 is 4.72 Å². The Hall–Kier alpha value is -1.73. The highest BCUT2D eigenvalue weighted by Crippen LogP contribution is 2.14. The average molecular weight is 313 g/mol. The van der Waals surface area contributed by atoms with Crippen LogP contribution in [0.1, 0.15) is 37.6 Å². The molecule has 0 heterocycles. The second-order valence-corrected chi connectivity index (χ2v) is 6.94. The quantitative estimate of drug-likeness (QED) is 0.746. The van der Waals surface area contributed by atoms with E-state index in [1.165, 1.54) is 31.2 Å². The summed E-state index contributed by atoms with van der Waals surface area (Å²) >= 11 is 0. The van der Waals surface area contributed by atoms with Crippen LogP contribution in [-0.2, 0) is 14.8 Å². The van der Waals surface area contributed by atoms with Gasteiger partial charge in [-0.15, -0.1) is 0 Å². The fourth-order valence-electron chi connectivity index (χ4n) is 1.79. The second kappa shape index (κ2) is 6.82. The Labute approximate surface area is 124 Å². The molecule has 0 amide bonds. The second-order valence-electron chi connectivity index (χ2n) is 5.22. The van der Waals surface area contributed by atoms with Crippen LogP contribution in [0.25, 0.3) is 0 Å². The third-order valence-electron chi connectivity index (χ3n) is 2.87. The molecule has 7 heteroatoms. The van der Waals surface area contributed by atoms with Crippen LogP contribution in [0.5, 0.6) is 0 Å². The number of carboxylic acids is 1. The van der Waals surface area contributed by atoms with Gasteiger partial charge in [0.15, 0.2) is 5.78 Å². The minimum atomic E-state index is -3.93. The molecule has 1 atom stereocenters. The van der Waals surface area contributed by atoms with Crippen LogP contribution in [0.15, 0.2) is 29.2 Å². The number of aliphatic carboxylic acids is 1. The summed E-state index contributed by atoms with van der Waals surface area (Å²) in [7, 11) is -3.93. The van der Waals surface area contributed by atoms with Crippen molar-refractivity contribution in [1.82, 2.24) is 4.72 Å². The Bertz CT molecular complexity index is 619. The molecule has 0 spiro atoms. The summed E-state index contributed by atoms with van der Waals surface area (Å²) in [5.41, 5.74) is 0.394. The third-order valence-corrected chi connectivity index (χ3v) is 4.36. The first-order valence-electron chi connectivity index (χ1n) is 6.49. The lowest BCUT2D eigenvalue weighted by Crippen LogP contribution is -2.41. The van der Waals surface area contributed by atoms with Gasteiger partial charge in [-0.1, -0.05) is 26.0 Å². The third kappa shape index (κ3) is 4.95. The van der Waals surface area contributed by atoms with E-state index < -0.39 is 22.0 Å². The molecule has 0 radical (unpaired) electrons. The molecule has 1 aromatic carbocycles. The Morgan fingerprint density at radius 3 is 2.10 bits per heavy atom. The molecule has 0 aromatic heterocycles. The fraction of sp³-hybridized carbons (Fsp3) is 0.429. The number of carbonyl (C=O) groups is 2. The van der Waals surface area contributed by atoms with Gasteiger partial charge in [0.25, 0.3) is 0 Å². The maximum atomic E-state index is 12.2. The molecule has 0 saturated carbocycles. The van der Waals surface area contributed by atoms with Crippen molar-refractivity contribution >= 4 is 21.8 Å². The first-order valence-corrected chi connectivity index (χ1v) is 7.98. The van der Waals surface area contributed by atoms with Gasteiger partial charge in [0, 0.05) is 5.56 Å². The molecule has 21 heavy (non-hydrogen) atoms. The molecule has 0 fully saturated rings. The van der Waals surface area contributed by atoms with Crippen LogP contribution in [0.4, 0.5) is 0 Å². The van der Waals surface area contributed by atoms with Crippen LogP contribution in [0, 0.1) is 5.92 Å². The van der Waals surface area contributed by atoms with Gasteiger partial charge in [0.1, 0.15) is 6.04 Å². The lowest BCUT2D eigenvalue weighted by atomic mass is 10.1. The maximum absolute atomic E-state index is 12.2. The Kier molecular flexibility index (Phi) is 5.62. The summed E-state index contributed by atoms with van der Waals surface area (Å²) in [6.07, 6.45) is 0.195. The zero-order chi connectivity index (χ0) is 16.2. The van der Waals surface area contributed by atoms with Crippen molar-refractivity contribution in [2.24, 2.45) is 5.92 Å². The molecule has 2 N–H and O–H groups in total. The number of benzene rings is 1. The molecular weight excluding hydrogens is 294 g/mol. The van der Waals surface area contributed by atoms with Crippen LogP contribution in [0.2, 0.25) is 0 Å². The largest absolute Gasteiger partial charge is 0.480 e. The van der Waals surface area contributed by atoms with E-state index in [1.807, 2.05) is 13.8 Å². The number of sulfonamides is 1. The number of hydrogen-bond acceptors (Lipinski definition) is 4. The van der Waals surface area contributed by atoms with Gasteiger partial charge in [0.05, 0.1) is 4.90 Å². The Morgan fingerprint density at radius 1 is 1.19 bits per heavy atom. The van der Waals surface area contributed by atoms with Crippen LogP contribution >= 0.6 is 0 Å². The van der Waals surface area contributed by atoms with Crippen molar-refractivity contribution in [3.63, 3.8) is 0 Å². The first kappa shape index (κ1) is 17.3. The molecular formula is C14H19NO5S. The average Bonchev–Trinajstić information content (AvgIpc) is 2.37. The topological polar surface area (TPSA) is 101 Å². The summed E-state index contributed by atoms with van der Waals surface area (Å²) in [4.78, 5) is 22.2. The van der Waals surface area contributed by atoms with Crippen LogP contribution in [0.3, 0.4) is 0 Å². The molecule has 116 valence electrons. The van der Waals surface area contributed by atoms with Gasteiger partial charge >= 0.3 is 5.97 Å². The number of hydrogen-bond donors (Lipinski definition) is 2. The van der Waals surface area contributed by atoms with Crippen molar-refractivity contribution < 1.29 is 23.1 Å². The molecule has 0 aliphatic heterocycles. The molecule has 6 nitrogen and oxygen atoms in total. The molecule has 1 unspecified atom stereocenters. The van der Waals surface area contributed by atoms with Crippen molar-refractivity contribution in [3.8, 4) is 0 Å². The lowest BCUT2D eigenvalue weighted by molar-refractivity contribution is -0.139. The van der Waals surface area contributed by atoms with Gasteiger partial charge in [-0.25, -0.2) is 8.42 Å². The maximum Gasteiger partial charge on any atom is 0.321 e. The molecule has 0 saturated heterocycles. The molecule has 1 rings (SSSR count). The SMILES string of the molecule is CC(=O)c1ccc(S(=O)(=O)NC(CC(C)C)C(=O)O)cc1. The monoisotopic (exact) mass is 313 g/mol. The number of nitrogens with one attached hydrogen (secondary N) is 1. The molecule has 0 aliphatic rings. The number of carbonyl (C=O) groups excluding carboxylic acids is 1. The Balaban J connectivity index is 2.98. The van der Waals surface area contributed by atoms with E-state index in [0.29, 0.717) is 5.56 Å². The standard InChI is InChI=1S/C14H19NO5S/c1-9(2)8-13(14(17)18)15-21(19,20)12-6-4-11(5-7-12)10(3)16/h4-7,9,13,15H,8H2,1-3H3,(H,17,18). The number of rotatable bonds is 7. The van der Waals surface area contributed by atoms with Crippen molar-refractivity contribution in [2.75, 3.05) is 0 Å². The fourth-order valence-corrected chi connectivity index (χ4v) is 3.00. The normalized spacial score (nSPS) is 13.1. The van der Waals surface area contributed by atoms with E-state index in [1.54, 1.807) is 0 Å². The zero-order valence-corrected chi connectivity index (χ0v) is 13.0. The minimum Gasteiger partial charge on any atom is -0.480 e.